The van der Waals surface area contributed by atoms with E-state index in [1.165, 1.54) is 60.7 Å². The first-order valence-electron chi connectivity index (χ1n) is 11.2. The fourth-order valence-electron chi connectivity index (χ4n) is 3.54. The Morgan fingerprint density at radius 2 is 0.833 bits per heavy atom. The Bertz CT molecular complexity index is 1560. The third-order valence-electron chi connectivity index (χ3n) is 5.68. The molecule has 4 aromatic rings. The van der Waals surface area contributed by atoms with Crippen molar-refractivity contribution in [3.8, 4) is 17.2 Å². The van der Waals surface area contributed by atoms with Gasteiger partial charge in [-0.3, -0.25) is 0 Å². The van der Waals surface area contributed by atoms with Crippen LogP contribution in [0.25, 0.3) is 0 Å². The molecule has 0 aromatic heterocycles. The predicted octanol–water partition coefficient (Wildman–Crippen LogP) is 6.15. The van der Waals surface area contributed by atoms with Crippen molar-refractivity contribution < 1.29 is 26.7 Å². The Hall–Kier alpha value is -3.62. The molecule has 4 aromatic carbocycles. The lowest BCUT2D eigenvalue weighted by atomic mass is 9.87. The third-order valence-corrected chi connectivity index (χ3v) is 9.25. The highest BCUT2D eigenvalue weighted by Crippen LogP contribution is 2.30. The molecule has 0 aliphatic carbocycles. The summed E-state index contributed by atoms with van der Waals surface area (Å²) < 4.78 is 57.3. The van der Waals surface area contributed by atoms with Crippen molar-refractivity contribution in [2.75, 3.05) is 0 Å². The smallest absolute Gasteiger partial charge is 0.206 e. The molecular weight excluding hydrogens is 496 g/mol. The minimum atomic E-state index is -3.74. The average Bonchev–Trinajstić information content (AvgIpc) is 2.84. The lowest BCUT2D eigenvalue weighted by Crippen LogP contribution is -2.11. The number of phenolic OH excluding ortho intramolecular Hbond substituents is 1. The van der Waals surface area contributed by atoms with Crippen LogP contribution in [0.15, 0.2) is 117 Å². The first-order valence-corrected chi connectivity index (χ1v) is 14.1. The highest BCUT2D eigenvalue weighted by Gasteiger charge is 2.20. The van der Waals surface area contributed by atoms with E-state index in [0.717, 1.165) is 5.56 Å². The lowest BCUT2D eigenvalue weighted by molar-refractivity contribution is 0.474. The summed E-state index contributed by atoms with van der Waals surface area (Å²) in [5, 5.41) is 9.38. The second-order valence-electron chi connectivity index (χ2n) is 9.32. The molecule has 0 atom stereocenters. The number of aromatic hydroxyl groups is 1. The van der Waals surface area contributed by atoms with E-state index in [4.69, 9.17) is 4.74 Å². The number of rotatable bonds is 6. The van der Waals surface area contributed by atoms with E-state index >= 15 is 0 Å². The van der Waals surface area contributed by atoms with Crippen molar-refractivity contribution in [2.24, 2.45) is 0 Å². The van der Waals surface area contributed by atoms with Gasteiger partial charge in [0.2, 0.25) is 19.7 Å². The van der Waals surface area contributed by atoms with Crippen molar-refractivity contribution >= 4 is 19.7 Å². The Labute approximate surface area is 211 Å². The van der Waals surface area contributed by atoms with E-state index in [0.29, 0.717) is 11.5 Å². The molecule has 36 heavy (non-hydrogen) atoms. The van der Waals surface area contributed by atoms with Crippen LogP contribution in [0.1, 0.15) is 26.3 Å². The molecule has 8 heteroatoms. The molecule has 0 bridgehead atoms. The second kappa shape index (κ2) is 9.44. The van der Waals surface area contributed by atoms with E-state index in [1.807, 2.05) is 12.1 Å². The van der Waals surface area contributed by atoms with Crippen LogP contribution in [-0.4, -0.2) is 21.9 Å². The van der Waals surface area contributed by atoms with Crippen LogP contribution in [0, 0.1) is 0 Å². The summed E-state index contributed by atoms with van der Waals surface area (Å²) in [7, 11) is -7.42. The van der Waals surface area contributed by atoms with Gasteiger partial charge in [0.1, 0.15) is 17.2 Å². The van der Waals surface area contributed by atoms with Crippen LogP contribution in [0.5, 0.6) is 17.2 Å². The van der Waals surface area contributed by atoms with E-state index in [-0.39, 0.29) is 30.7 Å². The molecule has 0 aliphatic rings. The summed E-state index contributed by atoms with van der Waals surface area (Å²) in [5.41, 5.74) is 0.974. The first kappa shape index (κ1) is 25.5. The molecule has 0 fully saturated rings. The summed E-state index contributed by atoms with van der Waals surface area (Å²) in [6.07, 6.45) is 0. The van der Waals surface area contributed by atoms with Gasteiger partial charge < -0.3 is 9.84 Å². The fourth-order valence-corrected chi connectivity index (χ4v) is 6.06. The van der Waals surface area contributed by atoms with E-state index < -0.39 is 19.7 Å². The molecule has 0 aliphatic heterocycles. The summed E-state index contributed by atoms with van der Waals surface area (Å²) in [6, 6.07) is 24.2. The van der Waals surface area contributed by atoms with Crippen molar-refractivity contribution in [3.63, 3.8) is 0 Å². The summed E-state index contributed by atoms with van der Waals surface area (Å²) >= 11 is 0. The third kappa shape index (κ3) is 5.29. The number of sulfone groups is 2. The Morgan fingerprint density at radius 3 is 1.17 bits per heavy atom. The zero-order valence-corrected chi connectivity index (χ0v) is 21.7. The Balaban J connectivity index is 1.49. The zero-order valence-electron chi connectivity index (χ0n) is 20.0. The maximum atomic E-state index is 13.0. The summed E-state index contributed by atoms with van der Waals surface area (Å²) in [6.45, 7) is 6.20. The van der Waals surface area contributed by atoms with Crippen molar-refractivity contribution in [1.29, 1.82) is 0 Å². The molecule has 0 unspecified atom stereocenters. The average molecular weight is 523 g/mol. The van der Waals surface area contributed by atoms with Gasteiger partial charge >= 0.3 is 0 Å². The van der Waals surface area contributed by atoms with Gasteiger partial charge in [-0.1, -0.05) is 32.9 Å². The second-order valence-corrected chi connectivity index (χ2v) is 13.2. The van der Waals surface area contributed by atoms with Crippen LogP contribution in [0.4, 0.5) is 0 Å². The number of benzene rings is 4. The number of hydrogen-bond acceptors (Lipinski definition) is 6. The van der Waals surface area contributed by atoms with Gasteiger partial charge in [-0.15, -0.1) is 0 Å². The standard InChI is InChI=1S/C28H26O6S2/c1-28(2,3)20-4-12-24(13-5-20)35(30,31)26-16-8-22(9-17-26)34-23-10-18-27(19-11-23)36(32,33)25-14-6-21(29)7-15-25/h4-19,29H,1-3H3. The van der Waals surface area contributed by atoms with Crippen molar-refractivity contribution in [2.45, 2.75) is 45.8 Å². The Morgan fingerprint density at radius 1 is 0.528 bits per heavy atom. The SMILES string of the molecule is CC(C)(C)c1ccc(S(=O)(=O)c2ccc(Oc3ccc(S(=O)(=O)c4ccc(O)cc4)cc3)cc2)cc1. The topological polar surface area (TPSA) is 97.7 Å². The Kier molecular flexibility index (Phi) is 6.68. The molecular formula is C28H26O6S2. The molecule has 0 saturated carbocycles. The van der Waals surface area contributed by atoms with Crippen molar-refractivity contribution in [1.82, 2.24) is 0 Å². The molecule has 6 nitrogen and oxygen atoms in total. The van der Waals surface area contributed by atoms with Gasteiger partial charge in [0, 0.05) is 0 Å². The van der Waals surface area contributed by atoms with Crippen LogP contribution in [-0.2, 0) is 25.1 Å². The van der Waals surface area contributed by atoms with Gasteiger partial charge in [0.05, 0.1) is 19.6 Å². The number of hydrogen-bond donors (Lipinski definition) is 1. The van der Waals surface area contributed by atoms with E-state index in [9.17, 15) is 21.9 Å². The maximum absolute atomic E-state index is 13.0. The van der Waals surface area contributed by atoms with Crippen LogP contribution in [0.3, 0.4) is 0 Å². The molecule has 0 heterocycles. The van der Waals surface area contributed by atoms with E-state index in [2.05, 4.69) is 20.8 Å². The first-order chi connectivity index (χ1) is 16.9. The largest absolute Gasteiger partial charge is 0.508 e. The highest BCUT2D eigenvalue weighted by atomic mass is 32.2. The van der Waals surface area contributed by atoms with Gasteiger partial charge in [-0.25, -0.2) is 16.8 Å². The summed E-state index contributed by atoms with van der Waals surface area (Å²) in [5.74, 6) is 0.786. The normalized spacial score (nSPS) is 12.3. The molecule has 0 radical (unpaired) electrons. The minimum absolute atomic E-state index is 0.0186. The van der Waals surface area contributed by atoms with Gasteiger partial charge in [0.15, 0.2) is 0 Å². The highest BCUT2D eigenvalue weighted by molar-refractivity contribution is 7.91. The molecule has 1 N–H and O–H groups in total. The molecule has 0 saturated heterocycles. The minimum Gasteiger partial charge on any atom is -0.508 e. The fraction of sp³-hybridized carbons (Fsp3) is 0.143. The van der Waals surface area contributed by atoms with Gasteiger partial charge in [-0.2, -0.15) is 0 Å². The molecule has 186 valence electrons. The zero-order chi connectivity index (χ0) is 26.1. The number of phenols is 1. The van der Waals surface area contributed by atoms with Gasteiger partial charge in [-0.05, 0) is 95.9 Å². The molecule has 0 amide bonds. The molecule has 0 spiro atoms. The van der Waals surface area contributed by atoms with Crippen molar-refractivity contribution in [3.05, 3.63) is 103 Å². The monoisotopic (exact) mass is 522 g/mol. The number of ether oxygens (including phenoxy) is 1. The van der Waals surface area contributed by atoms with Gasteiger partial charge in [0.25, 0.3) is 0 Å². The maximum Gasteiger partial charge on any atom is 0.206 e. The van der Waals surface area contributed by atoms with Crippen LogP contribution >= 0.6 is 0 Å². The summed E-state index contributed by atoms with van der Waals surface area (Å²) in [4.78, 5) is 0.515. The van der Waals surface area contributed by atoms with Crippen LogP contribution in [0.2, 0.25) is 0 Å². The van der Waals surface area contributed by atoms with E-state index in [1.54, 1.807) is 24.3 Å². The quantitative estimate of drug-likeness (QED) is 0.326. The molecule has 4 rings (SSSR count). The lowest BCUT2D eigenvalue weighted by Gasteiger charge is -2.19. The predicted molar refractivity (Wildman–Crippen MR) is 137 cm³/mol. The van der Waals surface area contributed by atoms with Crippen LogP contribution < -0.4 is 4.74 Å².